The van der Waals surface area contributed by atoms with Gasteiger partial charge in [0.2, 0.25) is 0 Å². The molecule has 0 fully saturated rings. The first-order valence-corrected chi connectivity index (χ1v) is 10.4. The second kappa shape index (κ2) is 7.13. The summed E-state index contributed by atoms with van der Waals surface area (Å²) in [5, 5.41) is 9.01. The van der Waals surface area contributed by atoms with Crippen LogP contribution in [0.1, 0.15) is 34.7 Å². The zero-order valence-corrected chi connectivity index (χ0v) is 17.2. The molecule has 4 heterocycles. The molecule has 0 saturated carbocycles. The number of benzene rings is 2. The number of aromatic amines is 2. The van der Waals surface area contributed by atoms with Crippen LogP contribution in [0.5, 0.6) is 0 Å². The molecule has 2 atom stereocenters. The number of rotatable bonds is 3. The molecule has 0 aliphatic carbocycles. The zero-order valence-electron chi connectivity index (χ0n) is 17.2. The number of imidazole rings is 1. The lowest BCUT2D eigenvalue weighted by Crippen LogP contribution is -2.34. The maximum Gasteiger partial charge on any atom is 0.125 e. The summed E-state index contributed by atoms with van der Waals surface area (Å²) in [6, 6.07) is 10.9. The second-order valence-corrected chi connectivity index (χ2v) is 8.19. The van der Waals surface area contributed by atoms with E-state index in [2.05, 4.69) is 20.4 Å². The van der Waals surface area contributed by atoms with Gasteiger partial charge in [0.05, 0.1) is 24.0 Å². The minimum absolute atomic E-state index is 0.0917. The predicted octanol–water partition coefficient (Wildman–Crippen LogP) is 4.55. The van der Waals surface area contributed by atoms with Crippen molar-refractivity contribution in [3.63, 3.8) is 0 Å². The van der Waals surface area contributed by atoms with Crippen LogP contribution in [0, 0.1) is 11.6 Å². The van der Waals surface area contributed by atoms with Crippen molar-refractivity contribution in [2.24, 2.45) is 7.05 Å². The summed E-state index contributed by atoms with van der Waals surface area (Å²) in [6.45, 7) is 0. The van der Waals surface area contributed by atoms with Gasteiger partial charge in [-0.15, -0.1) is 0 Å². The lowest BCUT2D eigenvalue weighted by molar-refractivity contribution is 0.433. The summed E-state index contributed by atoms with van der Waals surface area (Å²) in [4.78, 5) is 11.5. The third kappa shape index (κ3) is 3.11. The van der Waals surface area contributed by atoms with Crippen molar-refractivity contribution in [1.82, 2.24) is 30.0 Å². The van der Waals surface area contributed by atoms with Gasteiger partial charge in [0.25, 0.3) is 0 Å². The first kappa shape index (κ1) is 18.9. The highest BCUT2D eigenvalue weighted by atomic mass is 19.1. The molecule has 32 heavy (non-hydrogen) atoms. The Morgan fingerprint density at radius 3 is 2.66 bits per heavy atom. The molecule has 2 aromatic carbocycles. The van der Waals surface area contributed by atoms with E-state index in [9.17, 15) is 8.78 Å². The van der Waals surface area contributed by atoms with Crippen LogP contribution in [-0.2, 0) is 13.5 Å². The van der Waals surface area contributed by atoms with E-state index in [4.69, 9.17) is 4.98 Å². The Hall–Kier alpha value is -3.78. The van der Waals surface area contributed by atoms with Crippen molar-refractivity contribution in [2.45, 2.75) is 18.5 Å². The molecule has 0 spiro atoms. The molecule has 0 radical (unpaired) electrons. The summed E-state index contributed by atoms with van der Waals surface area (Å²) in [7, 11) is 1.88. The van der Waals surface area contributed by atoms with Crippen LogP contribution >= 0.6 is 0 Å². The molecule has 3 aromatic heterocycles. The van der Waals surface area contributed by atoms with E-state index in [1.807, 2.05) is 31.7 Å². The fourth-order valence-corrected chi connectivity index (χ4v) is 4.57. The van der Waals surface area contributed by atoms with Crippen LogP contribution in [0.2, 0.25) is 0 Å². The lowest BCUT2D eigenvalue weighted by Gasteiger charge is -2.30. The molecule has 0 saturated heterocycles. The molecule has 3 N–H and O–H groups in total. The van der Waals surface area contributed by atoms with Crippen molar-refractivity contribution >= 4 is 10.9 Å². The summed E-state index contributed by atoms with van der Waals surface area (Å²) in [5.74, 6) is 0.245. The van der Waals surface area contributed by atoms with Gasteiger partial charge in [0.15, 0.2) is 0 Å². The molecule has 160 valence electrons. The summed E-state index contributed by atoms with van der Waals surface area (Å²) < 4.78 is 28.9. The average molecular weight is 430 g/mol. The van der Waals surface area contributed by atoms with E-state index < -0.39 is 0 Å². The third-order valence-corrected chi connectivity index (χ3v) is 6.09. The van der Waals surface area contributed by atoms with Crippen LogP contribution in [0.15, 0.2) is 61.1 Å². The standard InChI is InChI=1S/C24H20F2N6/c1-32-12-14(10-28-32)22-23-18(17-7-6-16(26)8-19(17)29-23)9-20(30-22)24-27-11-21(31-24)13-2-4-15(25)5-3-13/h2-8,10-12,20,22,29-30H,9H2,1H3,(H,27,31). The topological polar surface area (TPSA) is 74.3 Å². The van der Waals surface area contributed by atoms with Crippen molar-refractivity contribution in [2.75, 3.05) is 0 Å². The van der Waals surface area contributed by atoms with Gasteiger partial charge in [0, 0.05) is 47.2 Å². The zero-order chi connectivity index (χ0) is 21.8. The van der Waals surface area contributed by atoms with Gasteiger partial charge in [-0.2, -0.15) is 5.10 Å². The monoisotopic (exact) mass is 430 g/mol. The molecule has 1 aliphatic rings. The van der Waals surface area contributed by atoms with Crippen LogP contribution < -0.4 is 5.32 Å². The van der Waals surface area contributed by atoms with Gasteiger partial charge in [-0.1, -0.05) is 0 Å². The molecular formula is C24H20F2N6. The van der Waals surface area contributed by atoms with Crippen molar-refractivity contribution in [3.05, 3.63) is 95.3 Å². The quantitative estimate of drug-likeness (QED) is 0.393. The Kier molecular flexibility index (Phi) is 4.22. The number of nitrogens with one attached hydrogen (secondary N) is 3. The number of aromatic nitrogens is 5. The smallest absolute Gasteiger partial charge is 0.125 e. The van der Waals surface area contributed by atoms with E-state index in [0.717, 1.165) is 44.8 Å². The van der Waals surface area contributed by atoms with E-state index >= 15 is 0 Å². The summed E-state index contributed by atoms with van der Waals surface area (Å²) >= 11 is 0. The molecule has 6 nitrogen and oxygen atoms in total. The number of halogens is 2. The van der Waals surface area contributed by atoms with Crippen molar-refractivity contribution in [3.8, 4) is 11.3 Å². The minimum Gasteiger partial charge on any atom is -0.356 e. The Bertz CT molecular complexity index is 1430. The number of aryl methyl sites for hydroxylation is 1. The average Bonchev–Trinajstić information content (AvgIpc) is 3.51. The highest BCUT2D eigenvalue weighted by Gasteiger charge is 2.33. The molecule has 5 aromatic rings. The lowest BCUT2D eigenvalue weighted by atomic mass is 9.91. The van der Waals surface area contributed by atoms with Gasteiger partial charge in [-0.25, -0.2) is 13.8 Å². The molecule has 0 amide bonds. The van der Waals surface area contributed by atoms with Gasteiger partial charge < -0.3 is 9.97 Å². The summed E-state index contributed by atoms with van der Waals surface area (Å²) in [6.07, 6.45) is 6.33. The molecule has 1 aliphatic heterocycles. The van der Waals surface area contributed by atoms with Crippen molar-refractivity contribution in [1.29, 1.82) is 0 Å². The number of hydrogen-bond donors (Lipinski definition) is 3. The predicted molar refractivity (Wildman–Crippen MR) is 117 cm³/mol. The number of fused-ring (bicyclic) bond motifs is 3. The van der Waals surface area contributed by atoms with Gasteiger partial charge in [-0.3, -0.25) is 10.00 Å². The van der Waals surface area contributed by atoms with Crippen LogP contribution in [-0.4, -0.2) is 24.7 Å². The first-order valence-electron chi connectivity index (χ1n) is 10.4. The van der Waals surface area contributed by atoms with Gasteiger partial charge in [-0.05, 0) is 54.4 Å². The largest absolute Gasteiger partial charge is 0.356 e. The number of hydrogen-bond acceptors (Lipinski definition) is 3. The van der Waals surface area contributed by atoms with Gasteiger partial charge in [0.1, 0.15) is 17.5 Å². The van der Waals surface area contributed by atoms with Crippen molar-refractivity contribution < 1.29 is 8.78 Å². The second-order valence-electron chi connectivity index (χ2n) is 8.19. The Balaban J connectivity index is 1.43. The Morgan fingerprint density at radius 1 is 1.06 bits per heavy atom. The van der Waals surface area contributed by atoms with E-state index in [1.165, 1.54) is 24.3 Å². The Labute approximate surface area is 182 Å². The maximum atomic E-state index is 13.9. The van der Waals surface area contributed by atoms with E-state index in [-0.39, 0.29) is 23.7 Å². The van der Waals surface area contributed by atoms with Crippen LogP contribution in [0.25, 0.3) is 22.2 Å². The molecule has 2 unspecified atom stereocenters. The molecule has 0 bridgehead atoms. The maximum absolute atomic E-state index is 13.9. The third-order valence-electron chi connectivity index (χ3n) is 6.09. The normalized spacial score (nSPS) is 18.2. The SMILES string of the molecule is Cn1cc(C2NC(c3nc(-c4ccc(F)cc4)c[nH]3)Cc3c2[nH]c2cc(F)ccc32)cn1. The molecular weight excluding hydrogens is 410 g/mol. The first-order chi connectivity index (χ1) is 15.5. The highest BCUT2D eigenvalue weighted by molar-refractivity contribution is 5.85. The van der Waals surface area contributed by atoms with Crippen LogP contribution in [0.3, 0.4) is 0 Å². The fraction of sp³-hybridized carbons (Fsp3) is 0.167. The van der Waals surface area contributed by atoms with Crippen LogP contribution in [0.4, 0.5) is 8.78 Å². The summed E-state index contributed by atoms with van der Waals surface area (Å²) in [5.41, 5.74) is 5.54. The molecule has 8 heteroatoms. The molecule has 6 rings (SSSR count). The fourth-order valence-electron chi connectivity index (χ4n) is 4.57. The number of nitrogens with zero attached hydrogens (tertiary/aromatic N) is 3. The van der Waals surface area contributed by atoms with E-state index in [0.29, 0.717) is 6.42 Å². The van der Waals surface area contributed by atoms with E-state index in [1.54, 1.807) is 16.8 Å². The minimum atomic E-state index is -0.277. The number of H-pyrrole nitrogens is 2. The highest BCUT2D eigenvalue weighted by Crippen LogP contribution is 2.39. The van der Waals surface area contributed by atoms with Gasteiger partial charge >= 0.3 is 0 Å². The Morgan fingerprint density at radius 2 is 1.88 bits per heavy atom.